The summed E-state index contributed by atoms with van der Waals surface area (Å²) in [4.78, 5) is 0. The Hall–Kier alpha value is -4.40. The summed E-state index contributed by atoms with van der Waals surface area (Å²) in [6.45, 7) is 19.0. The lowest BCUT2D eigenvalue weighted by Crippen LogP contribution is -2.29. The molecular formula is C48H51ClNO+. The molecule has 0 saturated carbocycles. The van der Waals surface area contributed by atoms with Gasteiger partial charge in [0.25, 0.3) is 0 Å². The number of benzene rings is 5. The summed E-state index contributed by atoms with van der Waals surface area (Å²) >= 11 is 7.38. The van der Waals surface area contributed by atoms with Crippen LogP contribution in [0.4, 0.5) is 5.69 Å². The van der Waals surface area contributed by atoms with Gasteiger partial charge in [0.1, 0.15) is 5.75 Å². The van der Waals surface area contributed by atoms with E-state index < -0.39 is 0 Å². The summed E-state index contributed by atoms with van der Waals surface area (Å²) in [5.41, 5.74) is 11.5. The van der Waals surface area contributed by atoms with Gasteiger partial charge in [-0.3, -0.25) is 0 Å². The van der Waals surface area contributed by atoms with Crippen molar-refractivity contribution in [2.24, 2.45) is 0 Å². The van der Waals surface area contributed by atoms with E-state index in [1.807, 2.05) is 0 Å². The number of hydrogen-bond donors (Lipinski definition) is 0. The predicted molar refractivity (Wildman–Crippen MR) is 218 cm³/mol. The maximum Gasteiger partial charge on any atom is 0.210 e. The Kier molecular flexibility index (Phi) is 9.35. The van der Waals surface area contributed by atoms with Gasteiger partial charge in [0.15, 0.2) is 12.3 Å². The molecule has 260 valence electrons. The lowest BCUT2D eigenvalue weighted by Gasteiger charge is -2.30. The molecule has 51 heavy (non-hydrogen) atoms. The first-order valence-electron chi connectivity index (χ1n) is 18.6. The third-order valence-electron chi connectivity index (χ3n) is 11.4. The minimum atomic E-state index is -0.197. The number of rotatable bonds is 9. The van der Waals surface area contributed by atoms with Gasteiger partial charge in [-0.1, -0.05) is 110 Å². The topological polar surface area (TPSA) is 12.2 Å². The molecule has 0 N–H and O–H groups in total. The van der Waals surface area contributed by atoms with Gasteiger partial charge in [0.05, 0.1) is 11.5 Å². The molecule has 7 rings (SSSR count). The Morgan fingerprint density at radius 3 is 2.22 bits per heavy atom. The van der Waals surface area contributed by atoms with E-state index in [0.29, 0.717) is 0 Å². The standard InChI is InChI=1S/C48H51ClNO/c1-31(2)51-39-24-18-34(19-25-39)27-28-50-42-26-23-36-14-10-12-16-41(36)45(42)48(7,8)43(50)30-38-22-21-37(46(38)49)29-33(4)47(5,6)44-32(3)17-20-35-13-9-11-15-40(35)44/h9-20,23-26,29-31H,21-22,27-28H2,1-8H3/q+1/b33-29?,38-30+. The Bertz CT molecular complexity index is 2280. The van der Waals surface area contributed by atoms with E-state index in [4.69, 9.17) is 16.3 Å². The van der Waals surface area contributed by atoms with Crippen LogP contribution in [0.5, 0.6) is 5.75 Å². The molecular weight excluding hydrogens is 642 g/mol. The fourth-order valence-electron chi connectivity index (χ4n) is 8.46. The number of nitrogens with zero attached hydrogens (tertiary/aromatic N) is 1. The maximum atomic E-state index is 7.38. The molecule has 0 fully saturated rings. The number of ether oxygens (including phenoxy) is 1. The van der Waals surface area contributed by atoms with E-state index in [2.05, 4.69) is 169 Å². The predicted octanol–water partition coefficient (Wildman–Crippen LogP) is 12.8. The minimum absolute atomic E-state index is 0.150. The summed E-state index contributed by atoms with van der Waals surface area (Å²) in [7, 11) is 0. The van der Waals surface area contributed by atoms with Crippen molar-refractivity contribution < 1.29 is 9.31 Å². The Morgan fingerprint density at radius 1 is 0.863 bits per heavy atom. The maximum absolute atomic E-state index is 7.38. The first kappa shape index (κ1) is 35.0. The number of aryl methyl sites for hydroxylation is 1. The van der Waals surface area contributed by atoms with Gasteiger partial charge in [-0.15, -0.1) is 0 Å². The summed E-state index contributed by atoms with van der Waals surface area (Å²) in [6, 6.07) is 35.3. The molecule has 0 spiro atoms. The molecule has 0 aromatic heterocycles. The molecule has 0 unspecified atom stereocenters. The van der Waals surface area contributed by atoms with E-state index in [0.717, 1.165) is 36.6 Å². The van der Waals surface area contributed by atoms with Crippen LogP contribution >= 0.6 is 11.6 Å². The zero-order valence-electron chi connectivity index (χ0n) is 31.5. The zero-order valence-corrected chi connectivity index (χ0v) is 32.3. The van der Waals surface area contributed by atoms with Gasteiger partial charge in [-0.25, -0.2) is 0 Å². The zero-order chi connectivity index (χ0) is 36.1. The third-order valence-corrected chi connectivity index (χ3v) is 11.8. The van der Waals surface area contributed by atoms with Crippen LogP contribution in [0.25, 0.3) is 21.5 Å². The van der Waals surface area contributed by atoms with Crippen LogP contribution in [0.15, 0.2) is 131 Å². The van der Waals surface area contributed by atoms with E-state index in [-0.39, 0.29) is 16.9 Å². The quantitative estimate of drug-likeness (QED) is 0.140. The Balaban J connectivity index is 1.27. The number of fused-ring (bicyclic) bond motifs is 4. The van der Waals surface area contributed by atoms with Crippen molar-refractivity contribution in [2.45, 2.75) is 91.6 Å². The molecule has 3 heteroatoms. The second-order valence-electron chi connectivity index (χ2n) is 15.8. The van der Waals surface area contributed by atoms with Crippen LogP contribution in [0.2, 0.25) is 0 Å². The van der Waals surface area contributed by atoms with Crippen LogP contribution in [0, 0.1) is 6.92 Å². The highest BCUT2D eigenvalue weighted by Crippen LogP contribution is 2.46. The van der Waals surface area contributed by atoms with Crippen LogP contribution in [-0.2, 0) is 17.3 Å². The van der Waals surface area contributed by atoms with Crippen molar-refractivity contribution in [2.75, 3.05) is 6.54 Å². The molecule has 5 aromatic carbocycles. The first-order chi connectivity index (χ1) is 24.4. The van der Waals surface area contributed by atoms with E-state index in [9.17, 15) is 0 Å². The molecule has 0 bridgehead atoms. The average Bonchev–Trinajstić information content (AvgIpc) is 3.55. The molecule has 2 nitrogen and oxygen atoms in total. The highest BCUT2D eigenvalue weighted by Gasteiger charge is 2.46. The Labute approximate surface area is 309 Å². The van der Waals surface area contributed by atoms with E-state index in [1.165, 1.54) is 71.9 Å². The number of allylic oxidation sites excluding steroid dienone is 6. The Morgan fingerprint density at radius 2 is 1.51 bits per heavy atom. The van der Waals surface area contributed by atoms with Crippen LogP contribution in [0.3, 0.4) is 0 Å². The highest BCUT2D eigenvalue weighted by molar-refractivity contribution is 6.33. The molecule has 0 amide bonds. The van der Waals surface area contributed by atoms with E-state index >= 15 is 0 Å². The second kappa shape index (κ2) is 13.6. The van der Waals surface area contributed by atoms with Crippen molar-refractivity contribution in [1.29, 1.82) is 0 Å². The number of halogens is 1. The van der Waals surface area contributed by atoms with Crippen molar-refractivity contribution in [3.8, 4) is 5.75 Å². The lowest BCUT2D eigenvalue weighted by molar-refractivity contribution is -0.436. The van der Waals surface area contributed by atoms with Gasteiger partial charge in [-0.05, 0) is 122 Å². The summed E-state index contributed by atoms with van der Waals surface area (Å²) in [5, 5.41) is 6.13. The normalized spacial score (nSPS) is 17.1. The molecule has 1 heterocycles. The fraction of sp³-hybridized carbons (Fsp3) is 0.312. The van der Waals surface area contributed by atoms with Gasteiger partial charge >= 0.3 is 0 Å². The number of hydrogen-bond acceptors (Lipinski definition) is 1. The van der Waals surface area contributed by atoms with Gasteiger partial charge in [0.2, 0.25) is 5.69 Å². The van der Waals surface area contributed by atoms with Crippen molar-refractivity contribution in [1.82, 2.24) is 0 Å². The molecule has 0 atom stereocenters. The van der Waals surface area contributed by atoms with E-state index in [1.54, 1.807) is 0 Å². The molecule has 0 radical (unpaired) electrons. The van der Waals surface area contributed by atoms with Crippen molar-refractivity contribution in [3.63, 3.8) is 0 Å². The van der Waals surface area contributed by atoms with Crippen molar-refractivity contribution >= 4 is 44.5 Å². The molecule has 1 aliphatic heterocycles. The smallest absolute Gasteiger partial charge is 0.210 e. The second-order valence-corrected chi connectivity index (χ2v) is 16.2. The molecule has 5 aromatic rings. The molecule has 0 saturated heterocycles. The summed E-state index contributed by atoms with van der Waals surface area (Å²) in [6.07, 6.45) is 7.77. The molecule has 1 aliphatic carbocycles. The van der Waals surface area contributed by atoms with Crippen LogP contribution in [-0.4, -0.2) is 22.9 Å². The van der Waals surface area contributed by atoms with Gasteiger partial charge in [0, 0.05) is 34.6 Å². The van der Waals surface area contributed by atoms with Crippen molar-refractivity contribution in [3.05, 3.63) is 153 Å². The average molecular weight is 693 g/mol. The summed E-state index contributed by atoms with van der Waals surface area (Å²) in [5.74, 6) is 0.920. The molecule has 2 aliphatic rings. The van der Waals surface area contributed by atoms with Crippen LogP contribution < -0.4 is 4.74 Å². The summed E-state index contributed by atoms with van der Waals surface area (Å²) < 4.78 is 8.47. The van der Waals surface area contributed by atoms with Crippen LogP contribution in [0.1, 0.15) is 83.6 Å². The minimum Gasteiger partial charge on any atom is -0.491 e. The first-order valence-corrected chi connectivity index (χ1v) is 18.9. The lowest BCUT2D eigenvalue weighted by atomic mass is 9.74. The third kappa shape index (κ3) is 6.49. The monoisotopic (exact) mass is 692 g/mol. The van der Waals surface area contributed by atoms with Gasteiger partial charge < -0.3 is 4.74 Å². The SMILES string of the molecule is CC(=CC1=C(Cl)/C(=C/C2=[N+](CCc3ccc(OC(C)C)cc3)c3ccc4ccccc4c3C2(C)C)CC1)C(C)(C)c1c(C)ccc2ccccc12. The largest absolute Gasteiger partial charge is 0.491 e. The fourth-order valence-corrected chi connectivity index (χ4v) is 8.76. The highest BCUT2D eigenvalue weighted by atomic mass is 35.5. The van der Waals surface area contributed by atoms with Gasteiger partial charge in [-0.2, -0.15) is 4.58 Å².